The lowest BCUT2D eigenvalue weighted by atomic mass is 10.1. The predicted molar refractivity (Wildman–Crippen MR) is 136 cm³/mol. The molecule has 0 fully saturated rings. The highest BCUT2D eigenvalue weighted by Crippen LogP contribution is 2.34. The molecule has 0 aliphatic carbocycles. The Kier molecular flexibility index (Phi) is 6.00. The van der Waals surface area contributed by atoms with Gasteiger partial charge >= 0.3 is 0 Å². The smallest absolute Gasteiger partial charge is 0.273 e. The molecule has 3 N–H and O–H groups in total. The standard InChI is InChI=1S/C28H23N3O5/c1-3-35-18-13-11-17(12-14-18)26(33)27-24(20-8-4-5-10-23(20)36-27)29-28(34)22-15-21(30-31-22)19-9-6-7-16(2)25(19)32/h4-15,32H,3H2,1-2H3,(H,29,34)(H,30,31). The number of anilines is 1. The number of aromatic hydroxyl groups is 1. The van der Waals surface area contributed by atoms with E-state index in [-0.39, 0.29) is 28.7 Å². The van der Waals surface area contributed by atoms with Crippen molar-refractivity contribution in [1.29, 1.82) is 0 Å². The molecule has 0 radical (unpaired) electrons. The van der Waals surface area contributed by atoms with Gasteiger partial charge in [-0.3, -0.25) is 14.7 Å². The van der Waals surface area contributed by atoms with E-state index in [0.29, 0.717) is 45.7 Å². The fourth-order valence-electron chi connectivity index (χ4n) is 3.95. The third-order valence-corrected chi connectivity index (χ3v) is 5.80. The zero-order valence-corrected chi connectivity index (χ0v) is 19.7. The van der Waals surface area contributed by atoms with Gasteiger partial charge in [-0.25, -0.2) is 0 Å². The third kappa shape index (κ3) is 4.20. The Morgan fingerprint density at radius 1 is 1.06 bits per heavy atom. The summed E-state index contributed by atoms with van der Waals surface area (Å²) >= 11 is 0. The summed E-state index contributed by atoms with van der Waals surface area (Å²) in [5, 5.41) is 20.7. The lowest BCUT2D eigenvalue weighted by molar-refractivity contribution is 0.101. The van der Waals surface area contributed by atoms with Crippen molar-refractivity contribution in [1.82, 2.24) is 10.2 Å². The Morgan fingerprint density at radius 3 is 2.61 bits per heavy atom. The molecule has 0 saturated heterocycles. The maximum atomic E-state index is 13.3. The van der Waals surface area contributed by atoms with Gasteiger partial charge in [0.25, 0.3) is 5.91 Å². The number of aromatic amines is 1. The second-order valence-corrected chi connectivity index (χ2v) is 8.18. The van der Waals surface area contributed by atoms with Gasteiger partial charge in [0.1, 0.15) is 22.8 Å². The Labute approximate surface area is 206 Å². The quantitative estimate of drug-likeness (QED) is 0.256. The number of hydrogen-bond donors (Lipinski definition) is 3. The van der Waals surface area contributed by atoms with E-state index in [4.69, 9.17) is 9.15 Å². The van der Waals surface area contributed by atoms with Gasteiger partial charge in [0.05, 0.1) is 18.0 Å². The number of fused-ring (bicyclic) bond motifs is 1. The zero-order chi connectivity index (χ0) is 25.2. The first-order valence-electron chi connectivity index (χ1n) is 11.4. The summed E-state index contributed by atoms with van der Waals surface area (Å²) in [5.41, 5.74) is 2.92. The van der Waals surface area contributed by atoms with Crippen molar-refractivity contribution in [3.05, 3.63) is 95.4 Å². The van der Waals surface area contributed by atoms with Gasteiger partial charge in [0.2, 0.25) is 5.78 Å². The van der Waals surface area contributed by atoms with E-state index in [0.717, 1.165) is 0 Å². The molecule has 1 amide bonds. The molecular formula is C28H23N3O5. The van der Waals surface area contributed by atoms with Crippen LogP contribution in [0.4, 0.5) is 5.69 Å². The van der Waals surface area contributed by atoms with Crippen LogP contribution in [0, 0.1) is 6.92 Å². The molecule has 0 spiro atoms. The molecule has 3 aromatic carbocycles. The van der Waals surface area contributed by atoms with E-state index in [1.807, 2.05) is 6.92 Å². The van der Waals surface area contributed by atoms with Gasteiger partial charge < -0.3 is 19.6 Å². The first-order chi connectivity index (χ1) is 17.5. The number of rotatable bonds is 7. The number of hydrogen-bond acceptors (Lipinski definition) is 6. The minimum absolute atomic E-state index is 0.0183. The van der Waals surface area contributed by atoms with E-state index in [1.54, 1.807) is 79.7 Å². The maximum Gasteiger partial charge on any atom is 0.273 e. The van der Waals surface area contributed by atoms with E-state index in [1.165, 1.54) is 0 Å². The topological polar surface area (TPSA) is 117 Å². The van der Waals surface area contributed by atoms with Gasteiger partial charge in [-0.2, -0.15) is 5.10 Å². The second-order valence-electron chi connectivity index (χ2n) is 8.18. The number of nitrogens with one attached hydrogen (secondary N) is 2. The van der Waals surface area contributed by atoms with E-state index in [9.17, 15) is 14.7 Å². The molecule has 2 aromatic heterocycles. The lowest BCUT2D eigenvalue weighted by Crippen LogP contribution is -2.14. The predicted octanol–water partition coefficient (Wildman–Crippen LogP) is 5.72. The number of para-hydroxylation sites is 2. The van der Waals surface area contributed by atoms with Gasteiger partial charge in [0.15, 0.2) is 5.76 Å². The average molecular weight is 482 g/mol. The number of phenolic OH excluding ortho intramolecular Hbond substituents is 1. The van der Waals surface area contributed by atoms with E-state index >= 15 is 0 Å². The number of amides is 1. The molecule has 5 aromatic rings. The van der Waals surface area contributed by atoms with Crippen molar-refractivity contribution in [2.75, 3.05) is 11.9 Å². The van der Waals surface area contributed by atoms with Crippen LogP contribution in [0.2, 0.25) is 0 Å². The number of nitrogens with zero attached hydrogens (tertiary/aromatic N) is 1. The molecule has 8 nitrogen and oxygen atoms in total. The fourth-order valence-corrected chi connectivity index (χ4v) is 3.95. The van der Waals surface area contributed by atoms with Crippen molar-refractivity contribution in [3.63, 3.8) is 0 Å². The van der Waals surface area contributed by atoms with Crippen LogP contribution in [0.15, 0.2) is 77.2 Å². The number of ether oxygens (including phenoxy) is 1. The summed E-state index contributed by atoms with van der Waals surface area (Å²) < 4.78 is 11.3. The van der Waals surface area contributed by atoms with Crippen molar-refractivity contribution in [2.45, 2.75) is 13.8 Å². The number of furan rings is 1. The van der Waals surface area contributed by atoms with Crippen LogP contribution < -0.4 is 10.1 Å². The first kappa shape index (κ1) is 22.9. The van der Waals surface area contributed by atoms with E-state index in [2.05, 4.69) is 15.5 Å². The number of carbonyl (C=O) groups is 2. The highest BCUT2D eigenvalue weighted by atomic mass is 16.5. The normalized spacial score (nSPS) is 10.9. The molecule has 0 aliphatic heterocycles. The van der Waals surface area contributed by atoms with Crippen LogP contribution in [-0.4, -0.2) is 33.6 Å². The van der Waals surface area contributed by atoms with E-state index < -0.39 is 5.91 Å². The van der Waals surface area contributed by atoms with Crippen LogP contribution in [0.5, 0.6) is 11.5 Å². The van der Waals surface area contributed by atoms with Crippen LogP contribution in [0.3, 0.4) is 0 Å². The van der Waals surface area contributed by atoms with Crippen LogP contribution >= 0.6 is 0 Å². The molecule has 0 aliphatic rings. The van der Waals surface area contributed by atoms with Gasteiger partial charge in [-0.15, -0.1) is 0 Å². The number of ketones is 1. The number of aryl methyl sites for hydroxylation is 1. The van der Waals surface area contributed by atoms with Crippen molar-refractivity contribution < 1.29 is 23.8 Å². The monoisotopic (exact) mass is 481 g/mol. The van der Waals surface area contributed by atoms with Crippen LogP contribution in [-0.2, 0) is 0 Å². The minimum atomic E-state index is -0.506. The number of carbonyl (C=O) groups excluding carboxylic acids is 2. The Balaban J connectivity index is 1.47. The number of benzene rings is 3. The summed E-state index contributed by atoms with van der Waals surface area (Å²) in [4.78, 5) is 26.5. The lowest BCUT2D eigenvalue weighted by Gasteiger charge is -2.06. The molecule has 0 bridgehead atoms. The zero-order valence-electron chi connectivity index (χ0n) is 19.7. The Morgan fingerprint density at radius 2 is 1.83 bits per heavy atom. The van der Waals surface area contributed by atoms with Crippen molar-refractivity contribution in [2.24, 2.45) is 0 Å². The molecular weight excluding hydrogens is 458 g/mol. The molecule has 0 saturated carbocycles. The molecule has 36 heavy (non-hydrogen) atoms. The molecule has 0 atom stereocenters. The average Bonchev–Trinajstić information content (AvgIpc) is 3.52. The fraction of sp³-hybridized carbons (Fsp3) is 0.107. The highest BCUT2D eigenvalue weighted by Gasteiger charge is 2.24. The molecule has 5 rings (SSSR count). The molecule has 8 heteroatoms. The molecule has 180 valence electrons. The van der Waals surface area contributed by atoms with Gasteiger partial charge in [0, 0.05) is 16.5 Å². The molecule has 0 unspecified atom stereocenters. The Bertz CT molecular complexity index is 1580. The Hall–Kier alpha value is -4.85. The number of aromatic nitrogens is 2. The van der Waals surface area contributed by atoms with Crippen molar-refractivity contribution in [3.8, 4) is 22.8 Å². The summed E-state index contributed by atoms with van der Waals surface area (Å²) in [6.07, 6.45) is 0. The largest absolute Gasteiger partial charge is 0.507 e. The minimum Gasteiger partial charge on any atom is -0.507 e. The number of phenols is 1. The first-order valence-corrected chi connectivity index (χ1v) is 11.4. The van der Waals surface area contributed by atoms with Crippen LogP contribution in [0.25, 0.3) is 22.2 Å². The van der Waals surface area contributed by atoms with Crippen molar-refractivity contribution >= 4 is 28.3 Å². The summed E-state index contributed by atoms with van der Waals surface area (Å²) in [6, 6.07) is 20.7. The SMILES string of the molecule is CCOc1ccc(C(=O)c2oc3ccccc3c2NC(=O)c2cc(-c3cccc(C)c3O)n[nH]2)cc1. The maximum absolute atomic E-state index is 13.3. The molecule has 2 heterocycles. The third-order valence-electron chi connectivity index (χ3n) is 5.80. The van der Waals surface area contributed by atoms with Crippen LogP contribution in [0.1, 0.15) is 39.1 Å². The highest BCUT2D eigenvalue weighted by molar-refractivity contribution is 6.18. The summed E-state index contributed by atoms with van der Waals surface area (Å²) in [5.74, 6) is -0.112. The second kappa shape index (κ2) is 9.42. The summed E-state index contributed by atoms with van der Waals surface area (Å²) in [6.45, 7) is 4.19. The van der Waals surface area contributed by atoms with Gasteiger partial charge in [-0.1, -0.05) is 24.3 Å². The summed E-state index contributed by atoms with van der Waals surface area (Å²) in [7, 11) is 0. The number of H-pyrrole nitrogens is 1. The van der Waals surface area contributed by atoms with Gasteiger partial charge in [-0.05, 0) is 67.9 Å².